The largest absolute Gasteiger partial charge is 0.421 e. The van der Waals surface area contributed by atoms with Gasteiger partial charge in [-0.2, -0.15) is 0 Å². The molecule has 0 aliphatic carbocycles. The van der Waals surface area contributed by atoms with Crippen molar-refractivity contribution in [3.63, 3.8) is 0 Å². The maximum absolute atomic E-state index is 12.2. The first-order valence-corrected chi connectivity index (χ1v) is 11.1. The van der Waals surface area contributed by atoms with Gasteiger partial charge in [-0.1, -0.05) is 54.6 Å². The van der Waals surface area contributed by atoms with Gasteiger partial charge in [-0.25, -0.2) is 0 Å². The van der Waals surface area contributed by atoms with Gasteiger partial charge in [0, 0.05) is 0 Å². The van der Waals surface area contributed by atoms with Crippen LogP contribution in [0.15, 0.2) is 54.6 Å². The summed E-state index contributed by atoms with van der Waals surface area (Å²) in [6, 6.07) is 19.2. The molecule has 0 radical (unpaired) electrons. The van der Waals surface area contributed by atoms with Crippen molar-refractivity contribution in [2.45, 2.75) is 41.5 Å². The van der Waals surface area contributed by atoms with E-state index in [1.165, 1.54) is 33.4 Å². The van der Waals surface area contributed by atoms with Crippen LogP contribution < -0.4 is 15.6 Å². The highest BCUT2D eigenvalue weighted by atomic mass is 28.4. The van der Waals surface area contributed by atoms with Crippen molar-refractivity contribution in [1.29, 1.82) is 0 Å². The van der Waals surface area contributed by atoms with Gasteiger partial charge in [0.15, 0.2) is 0 Å². The van der Waals surface area contributed by atoms with Crippen molar-refractivity contribution >= 4 is 23.9 Å². The van der Waals surface area contributed by atoms with E-state index in [1.807, 2.05) is 0 Å². The quantitative estimate of drug-likeness (QED) is 0.560. The Bertz CT molecular complexity index is 847. The van der Waals surface area contributed by atoms with Crippen LogP contribution >= 0.6 is 0 Å². The van der Waals surface area contributed by atoms with Crippen LogP contribution in [0.5, 0.6) is 0 Å². The van der Waals surface area contributed by atoms with Crippen LogP contribution in [0.1, 0.15) is 33.4 Å². The van der Waals surface area contributed by atoms with Crippen LogP contribution in [0.4, 0.5) is 0 Å². The van der Waals surface area contributed by atoms with Crippen molar-refractivity contribution in [2.24, 2.45) is 0 Å². The number of hydrogen-bond acceptors (Lipinski definition) is 1. The molecule has 0 heterocycles. The molecule has 0 saturated carbocycles. The minimum Gasteiger partial charge on any atom is -0.421 e. The molecule has 0 saturated heterocycles. The second kappa shape index (κ2) is 6.86. The first-order chi connectivity index (χ1) is 12.2. The van der Waals surface area contributed by atoms with Crippen molar-refractivity contribution < 1.29 is 4.80 Å². The molecule has 26 heavy (non-hydrogen) atoms. The van der Waals surface area contributed by atoms with Gasteiger partial charge >= 0.3 is 0 Å². The van der Waals surface area contributed by atoms with Gasteiger partial charge in [0.2, 0.25) is 0 Å². The van der Waals surface area contributed by atoms with E-state index in [1.54, 1.807) is 0 Å². The topological polar surface area (TPSA) is 20.2 Å². The molecule has 0 fully saturated rings. The Balaban J connectivity index is 2.31. The third-order valence-electron chi connectivity index (χ3n) is 5.77. The molecule has 3 aromatic carbocycles. The summed E-state index contributed by atoms with van der Waals surface area (Å²) in [5.41, 5.74) is 7.43. The monoisotopic (exact) mass is 360 g/mol. The predicted molar refractivity (Wildman–Crippen MR) is 115 cm³/mol. The van der Waals surface area contributed by atoms with Gasteiger partial charge in [0.1, 0.15) is 0 Å². The molecule has 0 bridgehead atoms. The maximum atomic E-state index is 12.2. The van der Waals surface area contributed by atoms with Crippen molar-refractivity contribution in [3.05, 3.63) is 88.0 Å². The van der Waals surface area contributed by atoms with Gasteiger partial charge in [-0.05, 0) is 90.5 Å². The molecule has 0 unspecified atom stereocenters. The average Bonchev–Trinajstić information content (AvgIpc) is 2.61. The molecule has 0 aliphatic heterocycles. The van der Waals surface area contributed by atoms with E-state index in [0.717, 1.165) is 15.6 Å². The lowest BCUT2D eigenvalue weighted by molar-refractivity contribution is 0.583. The Morgan fingerprint density at radius 1 is 0.462 bits per heavy atom. The highest BCUT2D eigenvalue weighted by Gasteiger charge is 2.39. The Morgan fingerprint density at radius 3 is 0.962 bits per heavy atom. The Kier molecular flexibility index (Phi) is 4.91. The number of benzene rings is 3. The van der Waals surface area contributed by atoms with E-state index >= 15 is 0 Å². The number of hydrogen-bond donors (Lipinski definition) is 1. The van der Waals surface area contributed by atoms with Gasteiger partial charge in [0.25, 0.3) is 8.32 Å². The molecule has 0 atom stereocenters. The van der Waals surface area contributed by atoms with E-state index in [9.17, 15) is 4.80 Å². The smallest absolute Gasteiger partial charge is 0.285 e. The van der Waals surface area contributed by atoms with Gasteiger partial charge < -0.3 is 4.80 Å². The van der Waals surface area contributed by atoms with Gasteiger partial charge in [-0.3, -0.25) is 0 Å². The van der Waals surface area contributed by atoms with Crippen molar-refractivity contribution in [2.75, 3.05) is 0 Å². The molecule has 0 spiro atoms. The summed E-state index contributed by atoms with van der Waals surface area (Å²) in [5.74, 6) is 0. The Hall–Kier alpha value is -2.16. The SMILES string of the molecule is Cc1ccc([Si](O)(c2ccc(C)c(C)c2)c2ccc(C)c(C)c2)cc1C. The molecule has 3 rings (SSSR count). The molecule has 0 aliphatic rings. The molecule has 0 amide bonds. The standard InChI is InChI=1S/C24H28OSi/c1-16-7-10-22(13-19(16)4)26(25,23-11-8-17(2)20(5)14-23)24-12-9-18(3)21(6)15-24/h7-15,25H,1-6H3. The fraction of sp³-hybridized carbons (Fsp3) is 0.250. The third-order valence-corrected chi connectivity index (χ3v) is 9.21. The lowest BCUT2D eigenvalue weighted by Gasteiger charge is -2.28. The summed E-state index contributed by atoms with van der Waals surface area (Å²) in [6.07, 6.45) is 0. The zero-order chi connectivity index (χ0) is 19.1. The molecule has 134 valence electrons. The average molecular weight is 361 g/mol. The van der Waals surface area contributed by atoms with Crippen LogP contribution in [0, 0.1) is 41.5 Å². The van der Waals surface area contributed by atoms with E-state index < -0.39 is 8.32 Å². The van der Waals surface area contributed by atoms with Gasteiger partial charge in [-0.15, -0.1) is 0 Å². The van der Waals surface area contributed by atoms with Crippen LogP contribution in [0.2, 0.25) is 0 Å². The third kappa shape index (κ3) is 3.15. The van der Waals surface area contributed by atoms with E-state index in [-0.39, 0.29) is 0 Å². The van der Waals surface area contributed by atoms with Crippen LogP contribution in [-0.2, 0) is 0 Å². The Morgan fingerprint density at radius 2 is 0.731 bits per heavy atom. The minimum atomic E-state index is -3.04. The van der Waals surface area contributed by atoms with Gasteiger partial charge in [0.05, 0.1) is 0 Å². The minimum absolute atomic E-state index is 1.05. The highest BCUT2D eigenvalue weighted by molar-refractivity contribution is 7.06. The summed E-state index contributed by atoms with van der Waals surface area (Å²) in [7, 11) is -3.04. The fourth-order valence-electron chi connectivity index (χ4n) is 3.40. The lowest BCUT2D eigenvalue weighted by atomic mass is 10.1. The van der Waals surface area contributed by atoms with E-state index in [2.05, 4.69) is 96.1 Å². The maximum Gasteiger partial charge on any atom is 0.285 e. The normalized spacial score (nSPS) is 11.7. The molecule has 0 aromatic heterocycles. The molecule has 3 aromatic rings. The Labute approximate surface area is 158 Å². The zero-order valence-electron chi connectivity index (χ0n) is 16.6. The summed E-state index contributed by atoms with van der Waals surface area (Å²) in [4.78, 5) is 12.2. The molecular weight excluding hydrogens is 332 g/mol. The number of rotatable bonds is 3. The second-order valence-corrected chi connectivity index (χ2v) is 10.8. The zero-order valence-corrected chi connectivity index (χ0v) is 17.6. The first-order valence-electron chi connectivity index (χ1n) is 9.19. The van der Waals surface area contributed by atoms with Crippen molar-refractivity contribution in [1.82, 2.24) is 0 Å². The van der Waals surface area contributed by atoms with Crippen LogP contribution in [0.3, 0.4) is 0 Å². The van der Waals surface area contributed by atoms with E-state index in [4.69, 9.17) is 0 Å². The molecule has 1 N–H and O–H groups in total. The fourth-order valence-corrected chi connectivity index (χ4v) is 6.65. The van der Waals surface area contributed by atoms with Crippen LogP contribution in [-0.4, -0.2) is 13.1 Å². The molecule has 2 heteroatoms. The highest BCUT2D eigenvalue weighted by Crippen LogP contribution is 2.13. The second-order valence-electron chi connectivity index (χ2n) is 7.61. The molecular formula is C24H28OSi. The summed E-state index contributed by atoms with van der Waals surface area (Å²) >= 11 is 0. The lowest BCUT2D eigenvalue weighted by Crippen LogP contribution is -2.67. The summed E-state index contributed by atoms with van der Waals surface area (Å²) < 4.78 is 0. The predicted octanol–water partition coefficient (Wildman–Crippen LogP) is 3.50. The summed E-state index contributed by atoms with van der Waals surface area (Å²) in [6.45, 7) is 12.7. The molecule has 1 nitrogen and oxygen atoms in total. The van der Waals surface area contributed by atoms with Crippen LogP contribution in [0.25, 0.3) is 0 Å². The summed E-state index contributed by atoms with van der Waals surface area (Å²) in [5, 5.41) is 3.14. The first kappa shape index (κ1) is 18.6. The number of aryl methyl sites for hydroxylation is 6. The van der Waals surface area contributed by atoms with Crippen molar-refractivity contribution in [3.8, 4) is 0 Å². The van der Waals surface area contributed by atoms with E-state index in [0.29, 0.717) is 0 Å².